The van der Waals surface area contributed by atoms with Gasteiger partial charge in [0.1, 0.15) is 12.3 Å². The summed E-state index contributed by atoms with van der Waals surface area (Å²) >= 11 is 0. The van der Waals surface area contributed by atoms with Crippen molar-refractivity contribution >= 4 is 32.7 Å². The molecule has 0 radical (unpaired) electrons. The Balaban J connectivity index is 1.65. The fourth-order valence-corrected chi connectivity index (χ4v) is 5.53. The van der Waals surface area contributed by atoms with Crippen LogP contribution in [0.25, 0.3) is 11.0 Å². The predicted molar refractivity (Wildman–Crippen MR) is 129 cm³/mol. The van der Waals surface area contributed by atoms with Crippen molar-refractivity contribution in [3.05, 3.63) is 59.0 Å². The number of carbonyl (C=O) groups excluding carboxylic acids is 1. The van der Waals surface area contributed by atoms with Crippen molar-refractivity contribution in [3.8, 4) is 5.75 Å². The van der Waals surface area contributed by atoms with Crippen LogP contribution >= 0.6 is 0 Å². The number of fused-ring (bicyclic) bond motifs is 1. The van der Waals surface area contributed by atoms with Crippen molar-refractivity contribution in [1.29, 1.82) is 0 Å². The summed E-state index contributed by atoms with van der Waals surface area (Å²) < 4.78 is 34.9. The zero-order valence-corrected chi connectivity index (χ0v) is 20.0. The molecule has 9 nitrogen and oxygen atoms in total. The quantitative estimate of drug-likeness (QED) is 0.552. The number of anilines is 1. The minimum atomic E-state index is -3.70. The molecule has 2 heterocycles. The molecule has 0 unspecified atom stereocenters. The van der Waals surface area contributed by atoms with E-state index in [1.165, 1.54) is 27.2 Å². The molecule has 3 aromatic rings. The first kappa shape index (κ1) is 23.9. The molecule has 0 atom stereocenters. The van der Waals surface area contributed by atoms with Gasteiger partial charge in [-0.1, -0.05) is 18.6 Å². The molecule has 0 aliphatic carbocycles. The Kier molecular flexibility index (Phi) is 6.99. The Morgan fingerprint density at radius 3 is 2.59 bits per heavy atom. The number of aromatic nitrogens is 2. The van der Waals surface area contributed by atoms with E-state index in [4.69, 9.17) is 4.74 Å². The predicted octanol–water partition coefficient (Wildman–Crippen LogP) is 3.00. The molecule has 0 spiro atoms. The molecule has 1 amide bonds. The van der Waals surface area contributed by atoms with Gasteiger partial charge in [0.15, 0.2) is 0 Å². The molecule has 0 bridgehead atoms. The second-order valence-electron chi connectivity index (χ2n) is 8.51. The number of sulfonamides is 1. The lowest BCUT2D eigenvalue weighted by molar-refractivity contribution is -0.116. The van der Waals surface area contributed by atoms with Crippen LogP contribution in [0.1, 0.15) is 33.1 Å². The Bertz CT molecular complexity index is 1360. The lowest BCUT2D eigenvalue weighted by Gasteiger charge is -2.26. The Hall–Kier alpha value is -3.24. The molecule has 4 rings (SSSR count). The Morgan fingerprint density at radius 1 is 1.12 bits per heavy atom. The van der Waals surface area contributed by atoms with Crippen molar-refractivity contribution in [2.24, 2.45) is 0 Å². The van der Waals surface area contributed by atoms with Gasteiger partial charge in [0.2, 0.25) is 15.9 Å². The number of hydrogen-bond acceptors (Lipinski definition) is 6. The third kappa shape index (κ3) is 5.13. The van der Waals surface area contributed by atoms with E-state index in [9.17, 15) is 18.0 Å². The number of benzene rings is 2. The van der Waals surface area contributed by atoms with Crippen molar-refractivity contribution in [3.63, 3.8) is 0 Å². The van der Waals surface area contributed by atoms with E-state index >= 15 is 0 Å². The molecule has 2 aromatic carbocycles. The number of piperidine rings is 1. The molecule has 180 valence electrons. The van der Waals surface area contributed by atoms with E-state index in [-0.39, 0.29) is 23.2 Å². The number of ether oxygens (including phenoxy) is 1. The maximum atomic E-state index is 13.2. The Morgan fingerprint density at radius 2 is 1.85 bits per heavy atom. The van der Waals surface area contributed by atoms with Gasteiger partial charge in [0.05, 0.1) is 33.9 Å². The molecular formula is C24H28N4O5S. The molecular weight excluding hydrogens is 456 g/mol. The minimum absolute atomic E-state index is 0.0901. The molecule has 1 aliphatic heterocycles. The monoisotopic (exact) mass is 484 g/mol. The SMILES string of the molecule is CC(C)Oc1ccc(S(=O)(=O)N2CCCCC2)cc1NC(=O)Cn1c(=O)cnc2ccccc21. The highest BCUT2D eigenvalue weighted by molar-refractivity contribution is 7.89. The van der Waals surface area contributed by atoms with Crippen LogP contribution in [0.3, 0.4) is 0 Å². The van der Waals surface area contributed by atoms with Crippen LogP contribution in [0.2, 0.25) is 0 Å². The summed E-state index contributed by atoms with van der Waals surface area (Å²) in [6, 6.07) is 11.5. The average molecular weight is 485 g/mol. The zero-order chi connectivity index (χ0) is 24.3. The van der Waals surface area contributed by atoms with Gasteiger partial charge in [-0.05, 0) is 57.0 Å². The highest BCUT2D eigenvalue weighted by atomic mass is 32.2. The Labute approximate surface area is 198 Å². The van der Waals surface area contributed by atoms with E-state index in [0.29, 0.717) is 29.9 Å². The fourth-order valence-electron chi connectivity index (χ4n) is 3.99. The van der Waals surface area contributed by atoms with Crippen LogP contribution in [-0.4, -0.2) is 47.4 Å². The first-order valence-corrected chi connectivity index (χ1v) is 12.7. The van der Waals surface area contributed by atoms with Gasteiger partial charge in [-0.25, -0.2) is 13.4 Å². The number of para-hydroxylation sites is 2. The van der Waals surface area contributed by atoms with Gasteiger partial charge in [-0.2, -0.15) is 4.31 Å². The molecule has 0 saturated carbocycles. The summed E-state index contributed by atoms with van der Waals surface area (Å²) in [6.07, 6.45) is 3.65. The molecule has 1 fully saturated rings. The van der Waals surface area contributed by atoms with Crippen molar-refractivity contribution in [1.82, 2.24) is 13.9 Å². The summed E-state index contributed by atoms with van der Waals surface area (Å²) in [5.74, 6) is -0.132. The van der Waals surface area contributed by atoms with E-state index in [2.05, 4.69) is 10.3 Å². The zero-order valence-electron chi connectivity index (χ0n) is 19.2. The maximum Gasteiger partial charge on any atom is 0.269 e. The number of amides is 1. The molecule has 10 heteroatoms. The third-order valence-corrected chi connectivity index (χ3v) is 7.49. The number of nitrogens with one attached hydrogen (secondary N) is 1. The summed E-state index contributed by atoms with van der Waals surface area (Å²) in [4.78, 5) is 29.6. The van der Waals surface area contributed by atoms with Crippen LogP contribution in [0.4, 0.5) is 5.69 Å². The highest BCUT2D eigenvalue weighted by Gasteiger charge is 2.27. The average Bonchev–Trinajstić information content (AvgIpc) is 2.82. The van der Waals surface area contributed by atoms with Crippen molar-refractivity contribution in [2.45, 2.75) is 50.7 Å². The van der Waals surface area contributed by atoms with E-state index in [1.54, 1.807) is 30.3 Å². The van der Waals surface area contributed by atoms with Gasteiger partial charge in [0, 0.05) is 13.1 Å². The van der Waals surface area contributed by atoms with Gasteiger partial charge in [-0.3, -0.25) is 14.2 Å². The number of rotatable bonds is 7. The number of nitrogens with zero attached hydrogens (tertiary/aromatic N) is 3. The smallest absolute Gasteiger partial charge is 0.269 e. The van der Waals surface area contributed by atoms with Crippen LogP contribution in [0, 0.1) is 0 Å². The largest absolute Gasteiger partial charge is 0.489 e. The van der Waals surface area contributed by atoms with Crippen LogP contribution in [-0.2, 0) is 21.4 Å². The van der Waals surface area contributed by atoms with Crippen LogP contribution in [0.15, 0.2) is 58.4 Å². The molecule has 1 aliphatic rings. The topological polar surface area (TPSA) is 111 Å². The second-order valence-corrected chi connectivity index (χ2v) is 10.4. The first-order chi connectivity index (χ1) is 16.3. The van der Waals surface area contributed by atoms with E-state index < -0.39 is 21.5 Å². The minimum Gasteiger partial charge on any atom is -0.489 e. The number of carbonyl (C=O) groups is 1. The number of hydrogen-bond donors (Lipinski definition) is 1. The summed E-state index contributed by atoms with van der Waals surface area (Å²) in [7, 11) is -3.70. The molecule has 1 aromatic heterocycles. The van der Waals surface area contributed by atoms with Crippen molar-refractivity contribution in [2.75, 3.05) is 18.4 Å². The van der Waals surface area contributed by atoms with Gasteiger partial charge < -0.3 is 10.1 Å². The standard InChI is InChI=1S/C24H28N4O5S/c1-17(2)33-22-11-10-18(34(31,32)27-12-6-3-7-13-27)14-20(22)26-23(29)16-28-21-9-5-4-8-19(21)25-15-24(28)30/h4-5,8-11,14-15,17H,3,6-7,12-13,16H2,1-2H3,(H,26,29). The normalized spacial score (nSPS) is 14.9. The van der Waals surface area contributed by atoms with Crippen LogP contribution < -0.4 is 15.6 Å². The highest BCUT2D eigenvalue weighted by Crippen LogP contribution is 2.31. The molecule has 34 heavy (non-hydrogen) atoms. The maximum absolute atomic E-state index is 13.2. The lowest BCUT2D eigenvalue weighted by atomic mass is 10.2. The van der Waals surface area contributed by atoms with Crippen molar-refractivity contribution < 1.29 is 17.9 Å². The first-order valence-electron chi connectivity index (χ1n) is 11.3. The van der Waals surface area contributed by atoms with Gasteiger partial charge in [0.25, 0.3) is 5.56 Å². The third-order valence-electron chi connectivity index (χ3n) is 5.59. The fraction of sp³-hybridized carbons (Fsp3) is 0.375. The molecule has 1 N–H and O–H groups in total. The van der Waals surface area contributed by atoms with E-state index in [0.717, 1.165) is 19.3 Å². The lowest BCUT2D eigenvalue weighted by Crippen LogP contribution is -2.35. The second kappa shape index (κ2) is 9.94. The molecule has 1 saturated heterocycles. The van der Waals surface area contributed by atoms with E-state index in [1.807, 2.05) is 13.8 Å². The summed E-state index contributed by atoms with van der Waals surface area (Å²) in [5.41, 5.74) is 0.954. The summed E-state index contributed by atoms with van der Waals surface area (Å²) in [5, 5.41) is 2.74. The van der Waals surface area contributed by atoms with Gasteiger partial charge >= 0.3 is 0 Å². The van der Waals surface area contributed by atoms with Crippen LogP contribution in [0.5, 0.6) is 5.75 Å². The van der Waals surface area contributed by atoms with Gasteiger partial charge in [-0.15, -0.1) is 0 Å². The summed E-state index contributed by atoms with van der Waals surface area (Å²) in [6.45, 7) is 4.38.